The molecule has 102 valence electrons. The van der Waals surface area contributed by atoms with Crippen LogP contribution in [0.25, 0.3) is 0 Å². The molecule has 0 amide bonds. The monoisotopic (exact) mass is 258 g/mol. The SMILES string of the molecule is CSCCCN(C)CCNC1CCC(C)CC1. The van der Waals surface area contributed by atoms with Crippen LogP contribution in [0.1, 0.15) is 39.0 Å². The Morgan fingerprint density at radius 2 is 1.88 bits per heavy atom. The van der Waals surface area contributed by atoms with E-state index in [1.165, 1.54) is 50.9 Å². The summed E-state index contributed by atoms with van der Waals surface area (Å²) in [5.41, 5.74) is 0. The van der Waals surface area contributed by atoms with E-state index in [9.17, 15) is 0 Å². The van der Waals surface area contributed by atoms with Crippen LogP contribution in [0.5, 0.6) is 0 Å². The fourth-order valence-corrected chi connectivity index (χ4v) is 2.93. The minimum atomic E-state index is 0.797. The molecule has 1 aliphatic rings. The predicted octanol–water partition coefficient (Wildman–Crippen LogP) is 2.84. The molecule has 17 heavy (non-hydrogen) atoms. The van der Waals surface area contributed by atoms with Crippen LogP contribution in [-0.2, 0) is 0 Å². The highest BCUT2D eigenvalue weighted by molar-refractivity contribution is 7.98. The van der Waals surface area contributed by atoms with Gasteiger partial charge in [-0.3, -0.25) is 0 Å². The minimum absolute atomic E-state index is 0.797. The summed E-state index contributed by atoms with van der Waals surface area (Å²) in [5, 5.41) is 3.72. The van der Waals surface area contributed by atoms with Crippen LogP contribution in [0.3, 0.4) is 0 Å². The van der Waals surface area contributed by atoms with Gasteiger partial charge in [0.25, 0.3) is 0 Å². The first-order valence-corrected chi connectivity index (χ1v) is 8.52. The number of hydrogen-bond acceptors (Lipinski definition) is 3. The highest BCUT2D eigenvalue weighted by atomic mass is 32.2. The van der Waals surface area contributed by atoms with Gasteiger partial charge in [0.2, 0.25) is 0 Å². The Morgan fingerprint density at radius 3 is 2.53 bits per heavy atom. The van der Waals surface area contributed by atoms with E-state index in [1.54, 1.807) is 0 Å². The molecule has 0 atom stereocenters. The van der Waals surface area contributed by atoms with Gasteiger partial charge in [0.15, 0.2) is 0 Å². The van der Waals surface area contributed by atoms with Crippen molar-refractivity contribution in [2.45, 2.75) is 45.1 Å². The molecular weight excluding hydrogens is 228 g/mol. The molecule has 0 aromatic carbocycles. The average Bonchev–Trinajstić information content (AvgIpc) is 2.32. The average molecular weight is 258 g/mol. The standard InChI is InChI=1S/C14H30N2S/c1-13-5-7-14(8-6-13)15-9-11-16(2)10-4-12-17-3/h13-15H,4-12H2,1-3H3. The summed E-state index contributed by atoms with van der Waals surface area (Å²) in [5.74, 6) is 2.25. The molecule has 1 rings (SSSR count). The van der Waals surface area contributed by atoms with Gasteiger partial charge >= 0.3 is 0 Å². The van der Waals surface area contributed by atoms with Crippen molar-refractivity contribution >= 4 is 11.8 Å². The summed E-state index contributed by atoms with van der Waals surface area (Å²) < 4.78 is 0. The zero-order valence-electron chi connectivity index (χ0n) is 11.9. The molecule has 0 aromatic heterocycles. The number of hydrogen-bond donors (Lipinski definition) is 1. The number of thioether (sulfide) groups is 1. The van der Waals surface area contributed by atoms with Crippen LogP contribution in [0, 0.1) is 5.92 Å². The fourth-order valence-electron chi connectivity index (χ4n) is 2.51. The summed E-state index contributed by atoms with van der Waals surface area (Å²) in [7, 11) is 2.24. The van der Waals surface area contributed by atoms with Crippen molar-refractivity contribution < 1.29 is 0 Å². The summed E-state index contributed by atoms with van der Waals surface area (Å²) in [6.45, 7) is 5.98. The van der Waals surface area contributed by atoms with Crippen LogP contribution in [0.2, 0.25) is 0 Å². The highest BCUT2D eigenvalue weighted by Gasteiger charge is 2.17. The van der Waals surface area contributed by atoms with Gasteiger partial charge in [0, 0.05) is 19.1 Å². The second kappa shape index (κ2) is 9.23. The quantitative estimate of drug-likeness (QED) is 0.674. The number of nitrogens with one attached hydrogen (secondary N) is 1. The molecule has 0 radical (unpaired) electrons. The van der Waals surface area contributed by atoms with Crippen molar-refractivity contribution in [1.29, 1.82) is 0 Å². The Bertz CT molecular complexity index is 179. The largest absolute Gasteiger partial charge is 0.313 e. The first-order valence-electron chi connectivity index (χ1n) is 7.13. The van der Waals surface area contributed by atoms with E-state index in [0.717, 1.165) is 18.5 Å². The molecule has 0 aromatic rings. The van der Waals surface area contributed by atoms with Crippen LogP contribution in [0.4, 0.5) is 0 Å². The lowest BCUT2D eigenvalue weighted by Gasteiger charge is -2.28. The third kappa shape index (κ3) is 7.32. The van der Waals surface area contributed by atoms with E-state index in [0.29, 0.717) is 0 Å². The van der Waals surface area contributed by atoms with Gasteiger partial charge in [0.1, 0.15) is 0 Å². The third-order valence-electron chi connectivity index (χ3n) is 3.83. The fraction of sp³-hybridized carbons (Fsp3) is 1.00. The van der Waals surface area contributed by atoms with Crippen LogP contribution in [0.15, 0.2) is 0 Å². The smallest absolute Gasteiger partial charge is 0.0104 e. The van der Waals surface area contributed by atoms with Crippen molar-refractivity contribution in [3.05, 3.63) is 0 Å². The van der Waals surface area contributed by atoms with Gasteiger partial charge in [-0.2, -0.15) is 11.8 Å². The molecule has 0 unspecified atom stereocenters. The Hall–Kier alpha value is 0.270. The molecule has 0 saturated heterocycles. The Morgan fingerprint density at radius 1 is 1.18 bits per heavy atom. The van der Waals surface area contributed by atoms with Crippen LogP contribution < -0.4 is 5.32 Å². The van der Waals surface area contributed by atoms with Crippen molar-refractivity contribution in [2.24, 2.45) is 5.92 Å². The van der Waals surface area contributed by atoms with E-state index in [2.05, 4.69) is 30.4 Å². The molecule has 0 spiro atoms. The molecule has 1 aliphatic carbocycles. The van der Waals surface area contributed by atoms with Gasteiger partial charge in [-0.25, -0.2) is 0 Å². The summed E-state index contributed by atoms with van der Waals surface area (Å²) in [6.07, 6.45) is 9.11. The van der Waals surface area contributed by atoms with E-state index in [4.69, 9.17) is 0 Å². The maximum atomic E-state index is 3.72. The van der Waals surface area contributed by atoms with Gasteiger partial charge in [0.05, 0.1) is 0 Å². The molecule has 1 fully saturated rings. The molecule has 0 bridgehead atoms. The maximum absolute atomic E-state index is 3.72. The topological polar surface area (TPSA) is 15.3 Å². The van der Waals surface area contributed by atoms with E-state index in [-0.39, 0.29) is 0 Å². The lowest BCUT2D eigenvalue weighted by Crippen LogP contribution is -2.38. The molecule has 3 heteroatoms. The summed E-state index contributed by atoms with van der Waals surface area (Å²) >= 11 is 1.95. The van der Waals surface area contributed by atoms with Crippen LogP contribution >= 0.6 is 11.8 Å². The van der Waals surface area contributed by atoms with Crippen molar-refractivity contribution in [3.63, 3.8) is 0 Å². The lowest BCUT2D eigenvalue weighted by molar-refractivity contribution is 0.282. The van der Waals surface area contributed by atoms with Gasteiger partial charge in [-0.1, -0.05) is 6.92 Å². The second-order valence-corrected chi connectivity index (χ2v) is 6.55. The number of likely N-dealkylation sites (N-methyl/N-ethyl adjacent to an activating group) is 1. The molecule has 1 saturated carbocycles. The Kier molecular flexibility index (Phi) is 8.33. The number of nitrogens with zero attached hydrogens (tertiary/aromatic N) is 1. The Labute approximate surface area is 112 Å². The molecular formula is C14H30N2S. The minimum Gasteiger partial charge on any atom is -0.313 e. The highest BCUT2D eigenvalue weighted by Crippen LogP contribution is 2.23. The van der Waals surface area contributed by atoms with Gasteiger partial charge in [-0.05, 0) is 63.6 Å². The van der Waals surface area contributed by atoms with Gasteiger partial charge in [-0.15, -0.1) is 0 Å². The van der Waals surface area contributed by atoms with E-state index < -0.39 is 0 Å². The number of rotatable bonds is 8. The second-order valence-electron chi connectivity index (χ2n) is 5.56. The zero-order chi connectivity index (χ0) is 12.5. The predicted molar refractivity (Wildman–Crippen MR) is 79.9 cm³/mol. The first kappa shape index (κ1) is 15.3. The summed E-state index contributed by atoms with van der Waals surface area (Å²) in [4.78, 5) is 2.45. The lowest BCUT2D eigenvalue weighted by atomic mass is 9.87. The van der Waals surface area contributed by atoms with Crippen molar-refractivity contribution in [1.82, 2.24) is 10.2 Å². The third-order valence-corrected chi connectivity index (χ3v) is 4.53. The van der Waals surface area contributed by atoms with E-state index in [1.807, 2.05) is 11.8 Å². The Balaban J connectivity index is 1.95. The molecule has 0 aliphatic heterocycles. The molecule has 0 heterocycles. The van der Waals surface area contributed by atoms with Crippen LogP contribution in [-0.4, -0.2) is 49.6 Å². The normalized spacial score (nSPS) is 25.4. The molecule has 2 nitrogen and oxygen atoms in total. The van der Waals surface area contributed by atoms with Crippen molar-refractivity contribution in [3.8, 4) is 0 Å². The zero-order valence-corrected chi connectivity index (χ0v) is 12.7. The molecule has 1 N–H and O–H groups in total. The maximum Gasteiger partial charge on any atom is 0.0104 e. The summed E-state index contributed by atoms with van der Waals surface area (Å²) in [6, 6.07) is 0.797. The van der Waals surface area contributed by atoms with Crippen molar-refractivity contribution in [2.75, 3.05) is 38.7 Å². The first-order chi connectivity index (χ1) is 8.22. The van der Waals surface area contributed by atoms with Gasteiger partial charge < -0.3 is 10.2 Å². The van der Waals surface area contributed by atoms with E-state index >= 15 is 0 Å².